The van der Waals surface area contributed by atoms with Crippen LogP contribution in [0.1, 0.15) is 46.0 Å². The van der Waals surface area contributed by atoms with Crippen LogP contribution in [0.4, 0.5) is 0 Å². The molecule has 0 spiro atoms. The van der Waals surface area contributed by atoms with Crippen LogP contribution in [0.25, 0.3) is 0 Å². The molecule has 0 amide bonds. The van der Waals surface area contributed by atoms with Crippen molar-refractivity contribution in [2.24, 2.45) is 11.1 Å². The molecule has 0 aliphatic heterocycles. The zero-order chi connectivity index (χ0) is 16.6. The van der Waals surface area contributed by atoms with Gasteiger partial charge in [0.25, 0.3) is 0 Å². The second-order valence-electron chi connectivity index (χ2n) is 6.49. The third kappa shape index (κ3) is 3.61. The van der Waals surface area contributed by atoms with Gasteiger partial charge in [-0.15, -0.1) is 0 Å². The van der Waals surface area contributed by atoms with Gasteiger partial charge in [0, 0.05) is 6.04 Å². The number of sulfonamides is 2. The number of nitrogens with one attached hydrogen (secondary N) is 1. The molecule has 0 aromatic rings. The van der Waals surface area contributed by atoms with Gasteiger partial charge in [0.2, 0.25) is 20.0 Å². The number of hydrogen-bond donors (Lipinski definition) is 2. The fourth-order valence-corrected chi connectivity index (χ4v) is 4.87. The van der Waals surface area contributed by atoms with E-state index >= 15 is 0 Å². The van der Waals surface area contributed by atoms with Crippen LogP contribution in [0.15, 0.2) is 23.1 Å². The average Bonchev–Trinajstić information content (AvgIpc) is 2.40. The summed E-state index contributed by atoms with van der Waals surface area (Å²) in [4.78, 5) is 0.117. The van der Waals surface area contributed by atoms with Crippen LogP contribution in [-0.4, -0.2) is 27.6 Å². The maximum atomic E-state index is 12.4. The first kappa shape index (κ1) is 17.7. The van der Waals surface area contributed by atoms with Crippen molar-refractivity contribution in [2.75, 3.05) is 0 Å². The molecule has 0 saturated heterocycles. The largest absolute Gasteiger partial charge is 0.240 e. The summed E-state index contributed by atoms with van der Waals surface area (Å²) in [5, 5.41) is 5.19. The van der Waals surface area contributed by atoms with Gasteiger partial charge in [-0.3, -0.25) is 0 Å². The Labute approximate surface area is 133 Å². The van der Waals surface area contributed by atoms with Crippen molar-refractivity contribution in [3.8, 4) is 0 Å². The molecule has 8 heteroatoms. The van der Waals surface area contributed by atoms with Crippen molar-refractivity contribution >= 4 is 20.0 Å². The first-order valence-corrected chi connectivity index (χ1v) is 10.5. The van der Waals surface area contributed by atoms with E-state index in [0.717, 1.165) is 25.7 Å². The molecule has 22 heavy (non-hydrogen) atoms. The first-order valence-electron chi connectivity index (χ1n) is 7.49. The van der Waals surface area contributed by atoms with E-state index in [4.69, 9.17) is 5.14 Å². The SMILES string of the molecule is CC1CCCCC1NS(=O)(=O)C1=CCC(C)(S(N)(=O)=O)C=C1. The molecule has 0 aromatic heterocycles. The Morgan fingerprint density at radius 3 is 2.36 bits per heavy atom. The highest BCUT2D eigenvalue weighted by Crippen LogP contribution is 2.30. The van der Waals surface area contributed by atoms with Crippen molar-refractivity contribution in [3.63, 3.8) is 0 Å². The van der Waals surface area contributed by atoms with Crippen molar-refractivity contribution in [3.05, 3.63) is 23.1 Å². The van der Waals surface area contributed by atoms with Crippen LogP contribution in [0.5, 0.6) is 0 Å². The molecule has 0 heterocycles. The summed E-state index contributed by atoms with van der Waals surface area (Å²) < 4.78 is 49.5. The molecule has 1 saturated carbocycles. The lowest BCUT2D eigenvalue weighted by molar-refractivity contribution is 0.311. The normalized spacial score (nSPS) is 33.5. The number of rotatable bonds is 4. The van der Waals surface area contributed by atoms with Gasteiger partial charge in [-0.05, 0) is 38.2 Å². The number of allylic oxidation sites excluding steroid dienone is 2. The van der Waals surface area contributed by atoms with Crippen molar-refractivity contribution in [2.45, 2.75) is 56.7 Å². The molecule has 3 unspecified atom stereocenters. The van der Waals surface area contributed by atoms with Gasteiger partial charge in [0.15, 0.2) is 0 Å². The van der Waals surface area contributed by atoms with E-state index in [0.29, 0.717) is 5.92 Å². The van der Waals surface area contributed by atoms with E-state index in [2.05, 4.69) is 11.6 Å². The Morgan fingerprint density at radius 2 is 1.86 bits per heavy atom. The average molecular weight is 348 g/mol. The molecule has 0 bridgehead atoms. The molecule has 3 atom stereocenters. The molecule has 2 aliphatic rings. The van der Waals surface area contributed by atoms with E-state index in [1.165, 1.54) is 25.2 Å². The summed E-state index contributed by atoms with van der Waals surface area (Å²) in [6.45, 7) is 3.53. The molecule has 1 fully saturated rings. The lowest BCUT2D eigenvalue weighted by Crippen LogP contribution is -2.43. The zero-order valence-electron chi connectivity index (χ0n) is 12.9. The fraction of sp³-hybridized carbons (Fsp3) is 0.714. The lowest BCUT2D eigenvalue weighted by atomic mass is 9.87. The minimum atomic E-state index is -3.78. The van der Waals surface area contributed by atoms with Crippen molar-refractivity contribution in [1.29, 1.82) is 0 Å². The minimum absolute atomic E-state index is 0.0544. The molecule has 0 aromatic carbocycles. The van der Waals surface area contributed by atoms with Gasteiger partial charge in [-0.25, -0.2) is 26.7 Å². The highest BCUT2D eigenvalue weighted by atomic mass is 32.2. The fourth-order valence-electron chi connectivity index (χ4n) is 2.87. The van der Waals surface area contributed by atoms with E-state index in [1.54, 1.807) is 0 Å². The molecule has 3 N–H and O–H groups in total. The van der Waals surface area contributed by atoms with Gasteiger partial charge in [-0.1, -0.05) is 31.9 Å². The summed E-state index contributed by atoms with van der Waals surface area (Å²) in [6, 6.07) is -0.0559. The smallest absolute Gasteiger partial charge is 0.228 e. The summed E-state index contributed by atoms with van der Waals surface area (Å²) in [6.07, 6.45) is 8.20. The van der Waals surface area contributed by atoms with Gasteiger partial charge < -0.3 is 0 Å². The monoisotopic (exact) mass is 348 g/mol. The van der Waals surface area contributed by atoms with Crippen LogP contribution in [0.3, 0.4) is 0 Å². The molecule has 126 valence electrons. The predicted octanol–water partition coefficient (Wildman–Crippen LogP) is 1.38. The number of nitrogens with two attached hydrogens (primary N) is 1. The van der Waals surface area contributed by atoms with Gasteiger partial charge in [0.05, 0.1) is 4.91 Å². The Kier molecular flexibility index (Phi) is 4.87. The molecular weight excluding hydrogens is 324 g/mol. The molecule has 2 rings (SSSR count). The van der Waals surface area contributed by atoms with E-state index in [1.807, 2.05) is 0 Å². The number of hydrogen-bond acceptors (Lipinski definition) is 4. The zero-order valence-corrected chi connectivity index (χ0v) is 14.6. The number of primary sulfonamides is 1. The van der Waals surface area contributed by atoms with E-state index in [9.17, 15) is 16.8 Å². The lowest BCUT2D eigenvalue weighted by Gasteiger charge is -2.30. The van der Waals surface area contributed by atoms with E-state index < -0.39 is 24.8 Å². The second kappa shape index (κ2) is 6.07. The van der Waals surface area contributed by atoms with Crippen LogP contribution in [-0.2, 0) is 20.0 Å². The van der Waals surface area contributed by atoms with Gasteiger partial charge in [0.1, 0.15) is 4.75 Å². The minimum Gasteiger partial charge on any atom is -0.228 e. The second-order valence-corrected chi connectivity index (χ2v) is 10.2. The topological polar surface area (TPSA) is 106 Å². The molecule has 2 aliphatic carbocycles. The van der Waals surface area contributed by atoms with Crippen LogP contribution < -0.4 is 9.86 Å². The summed E-state index contributed by atoms with van der Waals surface area (Å²) in [5.41, 5.74) is 0. The van der Waals surface area contributed by atoms with E-state index in [-0.39, 0.29) is 17.4 Å². The molecular formula is C14H24N2O4S2. The highest BCUT2D eigenvalue weighted by Gasteiger charge is 2.36. The summed E-state index contributed by atoms with van der Waals surface area (Å²) in [7, 11) is -7.40. The maximum Gasteiger partial charge on any atom is 0.240 e. The van der Waals surface area contributed by atoms with Crippen molar-refractivity contribution in [1.82, 2.24) is 4.72 Å². The van der Waals surface area contributed by atoms with Crippen LogP contribution >= 0.6 is 0 Å². The van der Waals surface area contributed by atoms with Gasteiger partial charge in [-0.2, -0.15) is 0 Å². The van der Waals surface area contributed by atoms with Crippen LogP contribution in [0.2, 0.25) is 0 Å². The predicted molar refractivity (Wildman–Crippen MR) is 86.8 cm³/mol. The molecule has 0 radical (unpaired) electrons. The van der Waals surface area contributed by atoms with Crippen LogP contribution in [0, 0.1) is 5.92 Å². The Hall–Kier alpha value is -0.700. The Morgan fingerprint density at radius 1 is 1.23 bits per heavy atom. The highest BCUT2D eigenvalue weighted by molar-refractivity contribution is 7.93. The maximum absolute atomic E-state index is 12.4. The quantitative estimate of drug-likeness (QED) is 0.800. The first-order chi connectivity index (χ1) is 10.1. The molecule has 6 nitrogen and oxygen atoms in total. The summed E-state index contributed by atoms with van der Waals surface area (Å²) in [5.74, 6) is 0.311. The Bertz CT molecular complexity index is 694. The third-order valence-electron chi connectivity index (χ3n) is 4.69. The summed E-state index contributed by atoms with van der Waals surface area (Å²) >= 11 is 0. The van der Waals surface area contributed by atoms with Crippen molar-refractivity contribution < 1.29 is 16.8 Å². The van der Waals surface area contributed by atoms with Gasteiger partial charge >= 0.3 is 0 Å². The Balaban J connectivity index is 2.14. The standard InChI is InChI=1S/C14H24N2O4S2/c1-11-5-3-4-6-13(11)16-21(17,18)12-7-9-14(2,10-8-12)22(15,19)20/h7-9,11,13,16H,3-6,10H2,1-2H3,(H2,15,19,20). The third-order valence-corrected chi connectivity index (χ3v) is 7.83.